The third-order valence-electron chi connectivity index (χ3n) is 2.71. The van der Waals surface area contributed by atoms with Crippen molar-refractivity contribution in [2.75, 3.05) is 0 Å². The zero-order valence-corrected chi connectivity index (χ0v) is 13.1. The van der Waals surface area contributed by atoms with Gasteiger partial charge in [-0.25, -0.2) is 0 Å². The van der Waals surface area contributed by atoms with Gasteiger partial charge in [0.1, 0.15) is 0 Å². The van der Waals surface area contributed by atoms with E-state index < -0.39 is 0 Å². The third-order valence-corrected chi connectivity index (χ3v) is 3.88. The molecule has 1 unspecified atom stereocenters. The molecule has 5 heteroatoms. The Kier molecular flexibility index (Phi) is 4.76. The zero-order chi connectivity index (χ0) is 13.8. The van der Waals surface area contributed by atoms with Gasteiger partial charge < -0.3 is 5.32 Å². The van der Waals surface area contributed by atoms with Crippen molar-refractivity contribution in [1.82, 2.24) is 10.3 Å². The van der Waals surface area contributed by atoms with Gasteiger partial charge in [0.2, 0.25) is 0 Å². The Hall–Kier alpha value is -1.14. The Labute approximate surface area is 130 Å². The zero-order valence-electron chi connectivity index (χ0n) is 10.2. The van der Waals surface area contributed by atoms with Crippen molar-refractivity contribution in [1.29, 1.82) is 0 Å². The second-order valence-electron chi connectivity index (χ2n) is 4.11. The predicted octanol–water partition coefficient (Wildman–Crippen LogP) is 3.83. The Morgan fingerprint density at radius 2 is 2.21 bits per heavy atom. The summed E-state index contributed by atoms with van der Waals surface area (Å²) in [4.78, 5) is 16.3. The summed E-state index contributed by atoms with van der Waals surface area (Å²) in [6, 6.07) is 8.95. The summed E-state index contributed by atoms with van der Waals surface area (Å²) in [6.07, 6.45) is 3.45. The van der Waals surface area contributed by atoms with Gasteiger partial charge >= 0.3 is 0 Å². The first-order valence-electron chi connectivity index (χ1n) is 5.74. The molecule has 2 rings (SSSR count). The van der Waals surface area contributed by atoms with Crippen molar-refractivity contribution in [3.8, 4) is 0 Å². The topological polar surface area (TPSA) is 42.0 Å². The van der Waals surface area contributed by atoms with Gasteiger partial charge in [0.25, 0.3) is 5.91 Å². The minimum absolute atomic E-state index is 0.101. The van der Waals surface area contributed by atoms with E-state index in [9.17, 15) is 4.79 Å². The summed E-state index contributed by atoms with van der Waals surface area (Å²) < 4.78 is 0.873. The molecule has 1 aromatic carbocycles. The molecule has 0 aliphatic carbocycles. The predicted molar refractivity (Wildman–Crippen MR) is 84.3 cm³/mol. The number of carbonyl (C=O) groups excluding carboxylic acids is 1. The highest BCUT2D eigenvalue weighted by atomic mass is 127. The summed E-state index contributed by atoms with van der Waals surface area (Å²) in [5.74, 6) is -0.136. The molecule has 1 aromatic heterocycles. The fraction of sp³-hybridized carbons (Fsp3) is 0.143. The summed E-state index contributed by atoms with van der Waals surface area (Å²) in [5, 5.41) is 3.49. The summed E-state index contributed by atoms with van der Waals surface area (Å²) >= 11 is 8.04. The van der Waals surface area contributed by atoms with E-state index >= 15 is 0 Å². The molecule has 0 saturated carbocycles. The highest BCUT2D eigenvalue weighted by molar-refractivity contribution is 14.1. The van der Waals surface area contributed by atoms with Gasteiger partial charge in [0.15, 0.2) is 0 Å². The molecule has 98 valence electrons. The lowest BCUT2D eigenvalue weighted by Gasteiger charge is -2.14. The number of rotatable bonds is 3. The van der Waals surface area contributed by atoms with Crippen LogP contribution in [0.1, 0.15) is 28.9 Å². The highest BCUT2D eigenvalue weighted by Gasteiger charge is 2.14. The number of pyridine rings is 1. The lowest BCUT2D eigenvalue weighted by Crippen LogP contribution is -2.27. The van der Waals surface area contributed by atoms with Crippen LogP contribution in [0.2, 0.25) is 5.02 Å². The molecular weight excluding hydrogens is 375 g/mol. The van der Waals surface area contributed by atoms with Crippen LogP contribution in [0, 0.1) is 3.57 Å². The molecular formula is C14H12ClIN2O. The number of halogens is 2. The molecule has 0 fully saturated rings. The van der Waals surface area contributed by atoms with E-state index in [1.807, 2.05) is 25.1 Å². The van der Waals surface area contributed by atoms with Crippen LogP contribution in [0.4, 0.5) is 0 Å². The number of aromatic nitrogens is 1. The van der Waals surface area contributed by atoms with Crippen LogP contribution < -0.4 is 5.32 Å². The molecule has 0 bridgehead atoms. The maximum absolute atomic E-state index is 12.2. The fourth-order valence-electron chi connectivity index (χ4n) is 1.66. The second kappa shape index (κ2) is 6.34. The number of amides is 1. The Balaban J connectivity index is 2.15. The smallest absolute Gasteiger partial charge is 0.252 e. The molecule has 1 N–H and O–H groups in total. The number of nitrogens with zero attached hydrogens (tertiary/aromatic N) is 1. The van der Waals surface area contributed by atoms with Crippen LogP contribution in [0.3, 0.4) is 0 Å². The van der Waals surface area contributed by atoms with Crippen LogP contribution in [0.25, 0.3) is 0 Å². The van der Waals surface area contributed by atoms with Gasteiger partial charge in [-0.2, -0.15) is 0 Å². The Morgan fingerprint density at radius 3 is 2.89 bits per heavy atom. The number of carbonyl (C=O) groups is 1. The van der Waals surface area contributed by atoms with E-state index in [0.717, 1.165) is 9.13 Å². The summed E-state index contributed by atoms with van der Waals surface area (Å²) in [5.41, 5.74) is 1.55. The Morgan fingerprint density at radius 1 is 1.42 bits per heavy atom. The van der Waals surface area contributed by atoms with Crippen molar-refractivity contribution >= 4 is 40.1 Å². The molecule has 1 heterocycles. The van der Waals surface area contributed by atoms with E-state index in [2.05, 4.69) is 32.9 Å². The summed E-state index contributed by atoms with van der Waals surface area (Å²) in [7, 11) is 0. The van der Waals surface area contributed by atoms with Crippen LogP contribution in [-0.4, -0.2) is 10.9 Å². The van der Waals surface area contributed by atoms with Crippen molar-refractivity contribution in [2.45, 2.75) is 13.0 Å². The van der Waals surface area contributed by atoms with E-state index in [-0.39, 0.29) is 11.9 Å². The fourth-order valence-corrected chi connectivity index (χ4v) is 2.41. The molecule has 1 amide bonds. The molecule has 19 heavy (non-hydrogen) atoms. The molecule has 0 aliphatic heterocycles. The maximum Gasteiger partial charge on any atom is 0.252 e. The summed E-state index contributed by atoms with van der Waals surface area (Å²) in [6.45, 7) is 1.92. The van der Waals surface area contributed by atoms with Crippen molar-refractivity contribution in [3.05, 3.63) is 62.4 Å². The van der Waals surface area contributed by atoms with Gasteiger partial charge in [-0.15, -0.1) is 0 Å². The van der Waals surface area contributed by atoms with Crippen molar-refractivity contribution in [3.63, 3.8) is 0 Å². The van der Waals surface area contributed by atoms with Crippen LogP contribution >= 0.6 is 34.2 Å². The third kappa shape index (κ3) is 3.67. The molecule has 0 radical (unpaired) electrons. The van der Waals surface area contributed by atoms with Crippen LogP contribution in [-0.2, 0) is 0 Å². The number of nitrogens with one attached hydrogen (secondary N) is 1. The number of hydrogen-bond donors (Lipinski definition) is 1. The average Bonchev–Trinajstić information content (AvgIpc) is 2.42. The first-order valence-corrected chi connectivity index (χ1v) is 7.19. The van der Waals surface area contributed by atoms with Crippen molar-refractivity contribution in [2.24, 2.45) is 0 Å². The highest BCUT2D eigenvalue weighted by Crippen LogP contribution is 2.19. The minimum Gasteiger partial charge on any atom is -0.345 e. The van der Waals surface area contributed by atoms with Gasteiger partial charge in [-0.05, 0) is 59.3 Å². The van der Waals surface area contributed by atoms with Gasteiger partial charge in [-0.3, -0.25) is 9.78 Å². The lowest BCUT2D eigenvalue weighted by molar-refractivity contribution is 0.0939. The number of benzene rings is 1. The SMILES string of the molecule is CC(NC(=O)c1cc(Cl)ccc1I)c1cccnc1. The van der Waals surface area contributed by atoms with Crippen LogP contribution in [0.5, 0.6) is 0 Å². The van der Waals surface area contributed by atoms with E-state index in [1.165, 1.54) is 0 Å². The standard InChI is InChI=1S/C14H12ClIN2O/c1-9(10-3-2-6-17-8-10)18-14(19)12-7-11(15)4-5-13(12)16/h2-9H,1H3,(H,18,19). The molecule has 0 spiro atoms. The Bertz CT molecular complexity index is 589. The van der Waals surface area contributed by atoms with Gasteiger partial charge in [0, 0.05) is 21.0 Å². The monoisotopic (exact) mass is 386 g/mol. The van der Waals surface area contributed by atoms with Crippen LogP contribution in [0.15, 0.2) is 42.7 Å². The van der Waals surface area contributed by atoms with Crippen molar-refractivity contribution < 1.29 is 4.79 Å². The average molecular weight is 387 g/mol. The largest absolute Gasteiger partial charge is 0.345 e. The maximum atomic E-state index is 12.2. The normalized spacial score (nSPS) is 11.9. The number of hydrogen-bond acceptors (Lipinski definition) is 2. The first-order chi connectivity index (χ1) is 9.08. The minimum atomic E-state index is -0.136. The van der Waals surface area contributed by atoms with E-state index in [0.29, 0.717) is 10.6 Å². The van der Waals surface area contributed by atoms with E-state index in [4.69, 9.17) is 11.6 Å². The van der Waals surface area contributed by atoms with E-state index in [1.54, 1.807) is 24.5 Å². The molecule has 0 aliphatic rings. The van der Waals surface area contributed by atoms with Gasteiger partial charge in [-0.1, -0.05) is 17.7 Å². The molecule has 0 saturated heterocycles. The van der Waals surface area contributed by atoms with Gasteiger partial charge in [0.05, 0.1) is 11.6 Å². The second-order valence-corrected chi connectivity index (χ2v) is 5.70. The molecule has 2 aromatic rings. The first kappa shape index (κ1) is 14.3. The molecule has 3 nitrogen and oxygen atoms in total. The lowest BCUT2D eigenvalue weighted by atomic mass is 10.1. The quantitative estimate of drug-likeness (QED) is 0.815. The molecule has 1 atom stereocenters.